The molecule has 0 fully saturated rings. The number of carbonyl (C=O) groups excluding carboxylic acids is 2. The molecule has 0 aliphatic rings. The first kappa shape index (κ1) is 26.2. The van der Waals surface area contributed by atoms with Crippen molar-refractivity contribution in [2.24, 2.45) is 0 Å². The van der Waals surface area contributed by atoms with Crippen molar-refractivity contribution in [3.05, 3.63) is 70.9 Å². The second kappa shape index (κ2) is 11.4. The summed E-state index contributed by atoms with van der Waals surface area (Å²) in [6.45, 7) is 8.47. The van der Waals surface area contributed by atoms with Gasteiger partial charge in [0, 0.05) is 30.8 Å². The van der Waals surface area contributed by atoms with E-state index >= 15 is 0 Å². The van der Waals surface area contributed by atoms with Gasteiger partial charge in [-0.05, 0) is 31.2 Å². The number of anilines is 2. The Bertz CT molecular complexity index is 1170. The van der Waals surface area contributed by atoms with Crippen molar-refractivity contribution >= 4 is 35.0 Å². The summed E-state index contributed by atoms with van der Waals surface area (Å²) >= 11 is 6.41. The van der Waals surface area contributed by atoms with Gasteiger partial charge in [0.15, 0.2) is 0 Å². The van der Waals surface area contributed by atoms with Crippen molar-refractivity contribution in [1.82, 2.24) is 14.7 Å². The summed E-state index contributed by atoms with van der Waals surface area (Å²) in [5.74, 6) is 0.104. The van der Waals surface area contributed by atoms with Crippen molar-refractivity contribution in [3.8, 4) is 5.69 Å². The van der Waals surface area contributed by atoms with E-state index in [9.17, 15) is 9.59 Å². The summed E-state index contributed by atoms with van der Waals surface area (Å²) in [4.78, 5) is 27.4. The number of methoxy groups -OCH3 is 1. The fraction of sp³-hybridized carbons (Fsp3) is 0.346. The van der Waals surface area contributed by atoms with E-state index in [0.29, 0.717) is 28.8 Å². The van der Waals surface area contributed by atoms with Crippen LogP contribution >= 0.6 is 11.6 Å². The molecular weight excluding hydrogens is 466 g/mol. The summed E-state index contributed by atoms with van der Waals surface area (Å²) in [7, 11) is 1.55. The zero-order chi connectivity index (χ0) is 25.6. The number of urea groups is 1. The van der Waals surface area contributed by atoms with Crippen LogP contribution in [0.15, 0.2) is 54.6 Å². The smallest absolute Gasteiger partial charge is 0.322 e. The SMILES string of the molecule is COCCN(CC(=O)Nc1cc(C(C)(C)C)nn1-c1ccccc1Cl)C(=O)Nc1ccc(C)cc1. The number of hydrogen-bond acceptors (Lipinski definition) is 4. The number of carbonyl (C=O) groups is 2. The van der Waals surface area contributed by atoms with E-state index in [-0.39, 0.29) is 24.4 Å². The molecule has 3 amide bonds. The summed E-state index contributed by atoms with van der Waals surface area (Å²) in [5, 5.41) is 10.9. The number of aryl methyl sites for hydroxylation is 1. The third-order valence-electron chi connectivity index (χ3n) is 5.32. The minimum atomic E-state index is -0.393. The minimum absolute atomic E-state index is 0.167. The first-order valence-corrected chi connectivity index (χ1v) is 11.7. The van der Waals surface area contributed by atoms with Crippen LogP contribution in [0.5, 0.6) is 0 Å². The Balaban J connectivity index is 1.81. The predicted octanol–water partition coefficient (Wildman–Crippen LogP) is 5.25. The number of rotatable bonds is 8. The van der Waals surface area contributed by atoms with Gasteiger partial charge >= 0.3 is 6.03 Å². The van der Waals surface area contributed by atoms with E-state index in [1.54, 1.807) is 17.9 Å². The van der Waals surface area contributed by atoms with Crippen LogP contribution in [0.3, 0.4) is 0 Å². The molecule has 2 aromatic carbocycles. The van der Waals surface area contributed by atoms with Gasteiger partial charge in [-0.15, -0.1) is 0 Å². The highest BCUT2D eigenvalue weighted by Crippen LogP contribution is 2.29. The van der Waals surface area contributed by atoms with Crippen molar-refractivity contribution in [1.29, 1.82) is 0 Å². The number of nitrogens with one attached hydrogen (secondary N) is 2. The second-order valence-corrected chi connectivity index (χ2v) is 9.69. The van der Waals surface area contributed by atoms with E-state index < -0.39 is 6.03 Å². The molecule has 0 aliphatic heterocycles. The molecule has 35 heavy (non-hydrogen) atoms. The Morgan fingerprint density at radius 2 is 1.77 bits per heavy atom. The van der Waals surface area contributed by atoms with E-state index in [1.165, 1.54) is 4.90 Å². The number of para-hydroxylation sites is 1. The molecule has 3 rings (SSSR count). The zero-order valence-corrected chi connectivity index (χ0v) is 21.5. The summed E-state index contributed by atoms with van der Waals surface area (Å²) in [5.41, 5.74) is 2.93. The molecule has 0 unspecified atom stereocenters. The van der Waals surface area contributed by atoms with Crippen LogP contribution in [-0.2, 0) is 14.9 Å². The van der Waals surface area contributed by atoms with Gasteiger partial charge in [0.1, 0.15) is 12.4 Å². The van der Waals surface area contributed by atoms with Gasteiger partial charge < -0.3 is 20.3 Å². The van der Waals surface area contributed by atoms with Crippen LogP contribution in [-0.4, -0.2) is 53.4 Å². The van der Waals surface area contributed by atoms with Crippen LogP contribution in [0.1, 0.15) is 32.0 Å². The monoisotopic (exact) mass is 497 g/mol. The topological polar surface area (TPSA) is 88.5 Å². The Morgan fingerprint density at radius 3 is 2.40 bits per heavy atom. The average Bonchev–Trinajstić information content (AvgIpc) is 3.22. The number of hydrogen-bond donors (Lipinski definition) is 2. The maximum atomic E-state index is 13.1. The number of halogens is 1. The molecule has 3 aromatic rings. The molecule has 0 saturated heterocycles. The Morgan fingerprint density at radius 1 is 1.09 bits per heavy atom. The normalized spacial score (nSPS) is 11.3. The van der Waals surface area contributed by atoms with E-state index in [2.05, 4.69) is 10.6 Å². The van der Waals surface area contributed by atoms with Gasteiger partial charge in [0.2, 0.25) is 5.91 Å². The van der Waals surface area contributed by atoms with Crippen LogP contribution < -0.4 is 10.6 Å². The molecule has 8 nitrogen and oxygen atoms in total. The quantitative estimate of drug-likeness (QED) is 0.445. The van der Waals surface area contributed by atoms with Crippen LogP contribution in [0.25, 0.3) is 5.69 Å². The molecule has 0 radical (unpaired) electrons. The summed E-state index contributed by atoms with van der Waals surface area (Å²) in [6.07, 6.45) is 0. The Hall–Kier alpha value is -3.36. The number of nitrogens with zero attached hydrogens (tertiary/aromatic N) is 3. The lowest BCUT2D eigenvalue weighted by Gasteiger charge is -2.22. The highest BCUT2D eigenvalue weighted by Gasteiger charge is 2.24. The largest absolute Gasteiger partial charge is 0.383 e. The molecular formula is C26H32ClN5O3. The molecule has 9 heteroatoms. The average molecular weight is 498 g/mol. The van der Waals surface area contributed by atoms with Gasteiger partial charge in [0.05, 0.1) is 23.0 Å². The highest BCUT2D eigenvalue weighted by atomic mass is 35.5. The summed E-state index contributed by atoms with van der Waals surface area (Å²) in [6, 6.07) is 16.2. The van der Waals surface area contributed by atoms with Crippen molar-refractivity contribution < 1.29 is 14.3 Å². The first-order chi connectivity index (χ1) is 16.6. The lowest BCUT2D eigenvalue weighted by atomic mass is 9.92. The molecule has 0 aliphatic carbocycles. The first-order valence-electron chi connectivity index (χ1n) is 11.4. The maximum absolute atomic E-state index is 13.1. The summed E-state index contributed by atoms with van der Waals surface area (Å²) < 4.78 is 6.75. The van der Waals surface area contributed by atoms with Crippen LogP contribution in [0, 0.1) is 6.92 Å². The molecule has 0 spiro atoms. The highest BCUT2D eigenvalue weighted by molar-refractivity contribution is 6.32. The van der Waals surface area contributed by atoms with Gasteiger partial charge in [-0.2, -0.15) is 5.10 Å². The van der Waals surface area contributed by atoms with E-state index in [1.807, 2.05) is 76.2 Å². The lowest BCUT2D eigenvalue weighted by Crippen LogP contribution is -2.42. The molecule has 2 N–H and O–H groups in total. The van der Waals surface area contributed by atoms with Gasteiger partial charge in [-0.3, -0.25) is 4.79 Å². The minimum Gasteiger partial charge on any atom is -0.383 e. The molecule has 0 bridgehead atoms. The fourth-order valence-electron chi connectivity index (χ4n) is 3.29. The van der Waals surface area contributed by atoms with Gasteiger partial charge in [-0.25, -0.2) is 9.48 Å². The molecule has 0 atom stereocenters. The van der Waals surface area contributed by atoms with E-state index in [0.717, 1.165) is 11.3 Å². The van der Waals surface area contributed by atoms with Crippen molar-refractivity contribution in [3.63, 3.8) is 0 Å². The Labute approximate surface area is 211 Å². The Kier molecular flexibility index (Phi) is 8.53. The second-order valence-electron chi connectivity index (χ2n) is 9.29. The fourth-order valence-corrected chi connectivity index (χ4v) is 3.51. The van der Waals surface area contributed by atoms with E-state index in [4.69, 9.17) is 21.4 Å². The molecule has 1 heterocycles. The van der Waals surface area contributed by atoms with Crippen LogP contribution in [0.4, 0.5) is 16.3 Å². The number of aromatic nitrogens is 2. The van der Waals surface area contributed by atoms with Crippen molar-refractivity contribution in [2.75, 3.05) is 37.4 Å². The molecule has 0 saturated carbocycles. The standard InChI is InChI=1S/C26H32ClN5O3/c1-18-10-12-19(13-11-18)28-25(34)31(14-15-35-5)17-24(33)29-23-16-22(26(2,3)4)30-32(23)21-9-7-6-8-20(21)27/h6-13,16H,14-15,17H2,1-5H3,(H,28,34)(H,29,33). The zero-order valence-electron chi connectivity index (χ0n) is 20.8. The number of benzene rings is 2. The predicted molar refractivity (Wildman–Crippen MR) is 140 cm³/mol. The van der Waals surface area contributed by atoms with Gasteiger partial charge in [-0.1, -0.05) is 62.2 Å². The molecule has 1 aromatic heterocycles. The third-order valence-corrected chi connectivity index (χ3v) is 5.64. The van der Waals surface area contributed by atoms with Crippen molar-refractivity contribution in [2.45, 2.75) is 33.1 Å². The third kappa shape index (κ3) is 7.07. The number of ether oxygens (including phenoxy) is 1. The maximum Gasteiger partial charge on any atom is 0.322 e. The molecule has 186 valence electrons. The number of amides is 3. The van der Waals surface area contributed by atoms with Gasteiger partial charge in [0.25, 0.3) is 0 Å². The lowest BCUT2D eigenvalue weighted by molar-refractivity contribution is -0.116. The van der Waals surface area contributed by atoms with Crippen LogP contribution in [0.2, 0.25) is 5.02 Å².